The fourth-order valence-corrected chi connectivity index (χ4v) is 2.54. The molecule has 2 aromatic rings. The molecule has 0 aromatic heterocycles. The molecule has 1 unspecified atom stereocenters. The third kappa shape index (κ3) is 3.66. The van der Waals surface area contributed by atoms with E-state index in [1.54, 1.807) is 56.7 Å². The summed E-state index contributed by atoms with van der Waals surface area (Å²) in [5.74, 6) is 2.25. The second-order valence-electron chi connectivity index (χ2n) is 4.01. The van der Waals surface area contributed by atoms with Crippen molar-refractivity contribution in [2.45, 2.75) is 4.90 Å². The fraction of sp³-hybridized carbons (Fsp3) is 0.200. The zero-order chi connectivity index (χ0) is 15.2. The molecule has 6 heteroatoms. The lowest BCUT2D eigenvalue weighted by Crippen LogP contribution is -2.03. The van der Waals surface area contributed by atoms with Gasteiger partial charge in [-0.05, 0) is 36.4 Å². The van der Waals surface area contributed by atoms with E-state index < -0.39 is 11.1 Å². The van der Waals surface area contributed by atoms with E-state index in [9.17, 15) is 4.21 Å². The lowest BCUT2D eigenvalue weighted by Gasteiger charge is -2.10. The third-order valence-corrected chi connectivity index (χ3v) is 3.82. The van der Waals surface area contributed by atoms with Gasteiger partial charge in [-0.2, -0.15) is 0 Å². The Morgan fingerprint density at radius 1 is 0.762 bits per heavy atom. The van der Waals surface area contributed by atoms with Gasteiger partial charge in [0.05, 0.1) is 21.3 Å². The molecule has 0 aliphatic rings. The van der Waals surface area contributed by atoms with Gasteiger partial charge in [0.1, 0.15) is 27.9 Å². The summed E-state index contributed by atoms with van der Waals surface area (Å²) in [6, 6.07) is 11.9. The van der Waals surface area contributed by atoms with Crippen molar-refractivity contribution in [1.82, 2.24) is 0 Å². The van der Waals surface area contributed by atoms with E-state index in [2.05, 4.69) is 0 Å². The number of hydrogen-bond acceptors (Lipinski definition) is 5. The molecule has 0 radical (unpaired) electrons. The number of benzene rings is 2. The quantitative estimate of drug-likeness (QED) is 0.821. The highest BCUT2D eigenvalue weighted by Gasteiger charge is 2.14. The smallest absolute Gasteiger partial charge is 0.244 e. The van der Waals surface area contributed by atoms with Crippen molar-refractivity contribution in [2.75, 3.05) is 21.3 Å². The Balaban J connectivity index is 2.19. The first-order valence-electron chi connectivity index (χ1n) is 6.14. The molecule has 0 spiro atoms. The number of rotatable bonds is 6. The highest BCUT2D eigenvalue weighted by atomic mass is 32.2. The molecule has 0 N–H and O–H groups in total. The molecule has 0 amide bonds. The van der Waals surface area contributed by atoms with Gasteiger partial charge < -0.3 is 18.4 Å². The summed E-state index contributed by atoms with van der Waals surface area (Å²) in [6.07, 6.45) is 0. The summed E-state index contributed by atoms with van der Waals surface area (Å²) in [4.78, 5) is 0.439. The van der Waals surface area contributed by atoms with Crippen molar-refractivity contribution < 1.29 is 22.6 Å². The SMILES string of the molecule is COc1ccc(OS(=O)c2ccc(OC)cc2OC)cc1. The molecule has 112 valence electrons. The zero-order valence-corrected chi connectivity index (χ0v) is 12.8. The standard InChI is InChI=1S/C15H16O5S/c1-17-11-4-6-12(7-5-11)20-21(16)15-9-8-13(18-2)10-14(15)19-3/h4-10H,1-3H3. The van der Waals surface area contributed by atoms with Crippen LogP contribution in [0.5, 0.6) is 23.0 Å². The molecular weight excluding hydrogens is 292 g/mol. The Labute approximate surface area is 126 Å². The average Bonchev–Trinajstić information content (AvgIpc) is 2.54. The first-order valence-corrected chi connectivity index (χ1v) is 7.21. The molecule has 0 fully saturated rings. The molecule has 21 heavy (non-hydrogen) atoms. The summed E-state index contributed by atoms with van der Waals surface area (Å²) in [6.45, 7) is 0. The van der Waals surface area contributed by atoms with E-state index in [-0.39, 0.29) is 0 Å². The molecule has 0 saturated heterocycles. The van der Waals surface area contributed by atoms with Crippen molar-refractivity contribution in [2.24, 2.45) is 0 Å². The van der Waals surface area contributed by atoms with Crippen molar-refractivity contribution >= 4 is 11.1 Å². The van der Waals surface area contributed by atoms with Gasteiger partial charge >= 0.3 is 0 Å². The lowest BCUT2D eigenvalue weighted by molar-refractivity contribution is 0.385. The van der Waals surface area contributed by atoms with E-state index in [1.807, 2.05) is 0 Å². The van der Waals surface area contributed by atoms with E-state index in [4.69, 9.17) is 18.4 Å². The van der Waals surface area contributed by atoms with Gasteiger partial charge in [0.2, 0.25) is 11.1 Å². The second-order valence-corrected chi connectivity index (χ2v) is 5.09. The van der Waals surface area contributed by atoms with E-state index in [0.29, 0.717) is 27.9 Å². The Hall–Kier alpha value is -2.21. The summed E-state index contributed by atoms with van der Waals surface area (Å²) in [5.41, 5.74) is 0. The van der Waals surface area contributed by atoms with Gasteiger partial charge in [-0.25, -0.2) is 4.21 Å². The van der Waals surface area contributed by atoms with Crippen molar-refractivity contribution in [3.63, 3.8) is 0 Å². The minimum atomic E-state index is -1.69. The summed E-state index contributed by atoms with van der Waals surface area (Å²) < 4.78 is 33.1. The van der Waals surface area contributed by atoms with Gasteiger partial charge in [-0.3, -0.25) is 0 Å². The number of hydrogen-bond donors (Lipinski definition) is 0. The van der Waals surface area contributed by atoms with Crippen molar-refractivity contribution in [3.8, 4) is 23.0 Å². The predicted octanol–water partition coefficient (Wildman–Crippen LogP) is 2.81. The van der Waals surface area contributed by atoms with Gasteiger partial charge in [0, 0.05) is 6.07 Å². The fourth-order valence-electron chi connectivity index (χ4n) is 1.68. The topological polar surface area (TPSA) is 54.0 Å². The average molecular weight is 308 g/mol. The summed E-state index contributed by atoms with van der Waals surface area (Å²) >= 11 is -1.69. The first kappa shape index (κ1) is 15.2. The summed E-state index contributed by atoms with van der Waals surface area (Å²) in [7, 11) is 4.64. The molecule has 1 atom stereocenters. The van der Waals surface area contributed by atoms with Crippen LogP contribution >= 0.6 is 0 Å². The molecule has 0 saturated carbocycles. The molecular formula is C15H16O5S. The Kier molecular flexibility index (Phi) is 5.05. The maximum Gasteiger partial charge on any atom is 0.244 e. The molecule has 5 nitrogen and oxygen atoms in total. The van der Waals surface area contributed by atoms with Crippen molar-refractivity contribution in [3.05, 3.63) is 42.5 Å². The van der Waals surface area contributed by atoms with E-state index in [0.717, 1.165) is 0 Å². The van der Waals surface area contributed by atoms with Gasteiger partial charge in [0.25, 0.3) is 0 Å². The Morgan fingerprint density at radius 3 is 1.90 bits per heavy atom. The molecule has 2 rings (SSSR count). The molecule has 2 aromatic carbocycles. The van der Waals surface area contributed by atoms with Gasteiger partial charge in [-0.1, -0.05) is 0 Å². The van der Waals surface area contributed by atoms with Crippen LogP contribution in [0.1, 0.15) is 0 Å². The first-order chi connectivity index (χ1) is 10.2. The minimum absolute atomic E-state index is 0.439. The molecule has 0 bridgehead atoms. The van der Waals surface area contributed by atoms with Crippen LogP contribution in [0.2, 0.25) is 0 Å². The Morgan fingerprint density at radius 2 is 1.33 bits per heavy atom. The van der Waals surface area contributed by atoms with Crippen LogP contribution in [0, 0.1) is 0 Å². The van der Waals surface area contributed by atoms with Gasteiger partial charge in [-0.15, -0.1) is 0 Å². The van der Waals surface area contributed by atoms with E-state index in [1.165, 1.54) is 7.11 Å². The molecule has 0 aliphatic carbocycles. The largest absolute Gasteiger partial charge is 0.497 e. The maximum absolute atomic E-state index is 12.3. The third-order valence-electron chi connectivity index (χ3n) is 2.78. The monoisotopic (exact) mass is 308 g/mol. The van der Waals surface area contributed by atoms with Crippen LogP contribution in [0.25, 0.3) is 0 Å². The van der Waals surface area contributed by atoms with Gasteiger partial charge in [0.15, 0.2) is 0 Å². The van der Waals surface area contributed by atoms with Crippen LogP contribution in [-0.4, -0.2) is 25.5 Å². The van der Waals surface area contributed by atoms with Crippen LogP contribution in [0.3, 0.4) is 0 Å². The Bertz CT molecular complexity index is 624. The molecule has 0 heterocycles. The van der Waals surface area contributed by atoms with Crippen LogP contribution < -0.4 is 18.4 Å². The zero-order valence-electron chi connectivity index (χ0n) is 12.0. The van der Waals surface area contributed by atoms with Crippen LogP contribution in [-0.2, 0) is 11.1 Å². The van der Waals surface area contributed by atoms with Crippen LogP contribution in [0.4, 0.5) is 0 Å². The predicted molar refractivity (Wildman–Crippen MR) is 79.6 cm³/mol. The summed E-state index contributed by atoms with van der Waals surface area (Å²) in [5, 5.41) is 0. The maximum atomic E-state index is 12.3. The lowest BCUT2D eigenvalue weighted by atomic mass is 10.3. The molecule has 0 aliphatic heterocycles. The normalized spacial score (nSPS) is 11.6. The van der Waals surface area contributed by atoms with Crippen molar-refractivity contribution in [1.29, 1.82) is 0 Å². The highest BCUT2D eigenvalue weighted by Crippen LogP contribution is 2.29. The highest BCUT2D eigenvalue weighted by molar-refractivity contribution is 7.80. The number of methoxy groups -OCH3 is 3. The van der Waals surface area contributed by atoms with E-state index >= 15 is 0 Å². The second kappa shape index (κ2) is 6.99. The minimum Gasteiger partial charge on any atom is -0.497 e. The number of ether oxygens (including phenoxy) is 3. The van der Waals surface area contributed by atoms with Crippen LogP contribution in [0.15, 0.2) is 47.4 Å².